The zero-order chi connectivity index (χ0) is 12.6. The van der Waals surface area contributed by atoms with Crippen LogP contribution < -0.4 is 5.32 Å². The highest BCUT2D eigenvalue weighted by Crippen LogP contribution is 2.28. The topological polar surface area (TPSA) is 34.1 Å². The van der Waals surface area contributed by atoms with Gasteiger partial charge in [-0.2, -0.15) is 0 Å². The summed E-state index contributed by atoms with van der Waals surface area (Å²) in [4.78, 5) is 4.53. The van der Waals surface area contributed by atoms with Gasteiger partial charge in [-0.25, -0.2) is 4.98 Å². The van der Waals surface area contributed by atoms with Crippen molar-refractivity contribution in [3.63, 3.8) is 0 Å². The lowest BCUT2D eigenvalue weighted by Gasteiger charge is -2.20. The average Bonchev–Trinajstić information content (AvgIpc) is 2.42. The monoisotopic (exact) mass is 266 g/mol. The van der Waals surface area contributed by atoms with Crippen molar-refractivity contribution in [2.24, 2.45) is 0 Å². The van der Waals surface area contributed by atoms with Gasteiger partial charge >= 0.3 is 0 Å². The Morgan fingerprint density at radius 2 is 2.22 bits per heavy atom. The van der Waals surface area contributed by atoms with Crippen LogP contribution in [0.2, 0.25) is 0 Å². The van der Waals surface area contributed by atoms with Crippen LogP contribution in [0.15, 0.2) is 23.4 Å². The third kappa shape index (κ3) is 4.59. The molecule has 0 saturated carbocycles. The van der Waals surface area contributed by atoms with Crippen molar-refractivity contribution in [2.45, 2.75) is 43.0 Å². The largest absolute Gasteiger partial charge is 0.381 e. The minimum atomic E-state index is 0.676. The minimum absolute atomic E-state index is 0.676. The van der Waals surface area contributed by atoms with Crippen LogP contribution in [0.3, 0.4) is 0 Å². The second-order valence-electron chi connectivity index (χ2n) is 4.61. The molecule has 0 aromatic carbocycles. The fraction of sp³-hybridized carbons (Fsp3) is 0.643. The van der Waals surface area contributed by atoms with Crippen molar-refractivity contribution >= 4 is 11.8 Å². The summed E-state index contributed by atoms with van der Waals surface area (Å²) >= 11 is 1.89. The minimum Gasteiger partial charge on any atom is -0.381 e. The zero-order valence-electron chi connectivity index (χ0n) is 11.0. The number of nitrogens with one attached hydrogen (secondary N) is 1. The summed E-state index contributed by atoms with van der Waals surface area (Å²) in [5, 5.41) is 5.21. The normalized spacial score (nSPS) is 16.9. The number of pyridine rings is 1. The molecule has 1 aliphatic rings. The molecule has 0 radical (unpaired) electrons. The first kappa shape index (κ1) is 13.8. The van der Waals surface area contributed by atoms with Gasteiger partial charge in [-0.3, -0.25) is 0 Å². The Hall–Kier alpha value is -0.580. The molecule has 4 heteroatoms. The molecule has 0 spiro atoms. The number of nitrogens with zero attached hydrogens (tertiary/aromatic N) is 1. The molecule has 1 fully saturated rings. The maximum atomic E-state index is 5.37. The molecule has 2 rings (SSSR count). The molecule has 0 amide bonds. The van der Waals surface area contributed by atoms with E-state index in [0.717, 1.165) is 44.2 Å². The third-order valence-electron chi connectivity index (χ3n) is 3.01. The quantitative estimate of drug-likeness (QED) is 0.803. The Morgan fingerprint density at radius 1 is 1.39 bits per heavy atom. The highest BCUT2D eigenvalue weighted by atomic mass is 32.2. The third-order valence-corrected chi connectivity index (χ3v) is 4.30. The summed E-state index contributed by atoms with van der Waals surface area (Å²) in [5.41, 5.74) is 1.26. The van der Waals surface area contributed by atoms with Crippen LogP contribution in [0.1, 0.15) is 31.7 Å². The van der Waals surface area contributed by atoms with Crippen LogP contribution in [-0.2, 0) is 11.3 Å². The van der Waals surface area contributed by atoms with E-state index >= 15 is 0 Å². The molecular formula is C14H22N2OS. The molecule has 18 heavy (non-hydrogen) atoms. The molecule has 0 unspecified atom stereocenters. The van der Waals surface area contributed by atoms with Crippen LogP contribution in [0.25, 0.3) is 0 Å². The van der Waals surface area contributed by atoms with Crippen molar-refractivity contribution < 1.29 is 4.74 Å². The lowest BCUT2D eigenvalue weighted by Crippen LogP contribution is -2.17. The van der Waals surface area contributed by atoms with E-state index in [4.69, 9.17) is 4.74 Å². The second-order valence-corrected chi connectivity index (χ2v) is 5.93. The molecule has 1 aromatic heterocycles. The number of ether oxygens (including phenoxy) is 1. The predicted molar refractivity (Wildman–Crippen MR) is 75.9 cm³/mol. The zero-order valence-corrected chi connectivity index (χ0v) is 11.8. The van der Waals surface area contributed by atoms with E-state index in [-0.39, 0.29) is 0 Å². The number of hydrogen-bond acceptors (Lipinski definition) is 4. The molecule has 0 bridgehead atoms. The maximum absolute atomic E-state index is 5.37. The van der Waals surface area contributed by atoms with Gasteiger partial charge in [0.15, 0.2) is 0 Å². The Labute approximate surface area is 114 Å². The highest BCUT2D eigenvalue weighted by Gasteiger charge is 2.15. The first-order valence-corrected chi connectivity index (χ1v) is 7.66. The number of rotatable bonds is 6. The van der Waals surface area contributed by atoms with Gasteiger partial charge in [-0.05, 0) is 37.4 Å². The van der Waals surface area contributed by atoms with E-state index in [1.807, 2.05) is 18.0 Å². The van der Waals surface area contributed by atoms with E-state index < -0.39 is 0 Å². The second kappa shape index (κ2) is 7.77. The van der Waals surface area contributed by atoms with Gasteiger partial charge < -0.3 is 10.1 Å². The Kier molecular flexibility index (Phi) is 5.97. The fourth-order valence-electron chi connectivity index (χ4n) is 1.96. The molecule has 1 aromatic rings. The smallest absolute Gasteiger partial charge is 0.0962 e. The Balaban J connectivity index is 1.79. The van der Waals surface area contributed by atoms with Gasteiger partial charge in [-0.15, -0.1) is 11.8 Å². The lowest BCUT2D eigenvalue weighted by atomic mass is 10.2. The van der Waals surface area contributed by atoms with Gasteiger partial charge in [-0.1, -0.05) is 13.0 Å². The average molecular weight is 266 g/mol. The van der Waals surface area contributed by atoms with Gasteiger partial charge in [0, 0.05) is 31.2 Å². The standard InChI is InChI=1S/C14H22N2OS/c1-2-7-15-10-12-3-4-14(16-11-12)18-13-5-8-17-9-6-13/h3-4,11,13,15H,2,5-10H2,1H3. The van der Waals surface area contributed by atoms with E-state index in [1.165, 1.54) is 12.0 Å². The van der Waals surface area contributed by atoms with E-state index in [9.17, 15) is 0 Å². The van der Waals surface area contributed by atoms with Crippen molar-refractivity contribution in [1.82, 2.24) is 10.3 Å². The number of aromatic nitrogens is 1. The first-order valence-electron chi connectivity index (χ1n) is 6.78. The van der Waals surface area contributed by atoms with Crippen LogP contribution in [0, 0.1) is 0 Å². The number of hydrogen-bond donors (Lipinski definition) is 1. The van der Waals surface area contributed by atoms with Crippen molar-refractivity contribution in [2.75, 3.05) is 19.8 Å². The summed E-state index contributed by atoms with van der Waals surface area (Å²) in [6.45, 7) is 5.97. The summed E-state index contributed by atoms with van der Waals surface area (Å²) < 4.78 is 5.37. The van der Waals surface area contributed by atoms with Gasteiger partial charge in [0.25, 0.3) is 0 Å². The lowest BCUT2D eigenvalue weighted by molar-refractivity contribution is 0.1000. The Bertz CT molecular complexity index is 336. The summed E-state index contributed by atoms with van der Waals surface area (Å²) in [5.74, 6) is 0. The van der Waals surface area contributed by atoms with E-state index in [2.05, 4.69) is 29.4 Å². The molecule has 0 atom stereocenters. The summed E-state index contributed by atoms with van der Waals surface area (Å²) in [7, 11) is 0. The molecule has 1 N–H and O–H groups in total. The summed E-state index contributed by atoms with van der Waals surface area (Å²) in [6.07, 6.45) is 5.45. The molecule has 1 aliphatic heterocycles. The molecule has 2 heterocycles. The van der Waals surface area contributed by atoms with Gasteiger partial charge in [0.2, 0.25) is 0 Å². The number of thioether (sulfide) groups is 1. The maximum Gasteiger partial charge on any atom is 0.0962 e. The molecule has 100 valence electrons. The fourth-order valence-corrected chi connectivity index (χ4v) is 2.99. The van der Waals surface area contributed by atoms with Crippen LogP contribution in [0.5, 0.6) is 0 Å². The molecule has 1 saturated heterocycles. The predicted octanol–water partition coefficient (Wildman–Crippen LogP) is 2.85. The van der Waals surface area contributed by atoms with Gasteiger partial charge in [0.05, 0.1) is 5.03 Å². The molecule has 0 aliphatic carbocycles. The first-order chi connectivity index (χ1) is 8.88. The SMILES string of the molecule is CCCNCc1ccc(SC2CCOCC2)nc1. The van der Waals surface area contributed by atoms with Gasteiger partial charge in [0.1, 0.15) is 0 Å². The van der Waals surface area contributed by atoms with E-state index in [0.29, 0.717) is 5.25 Å². The summed E-state index contributed by atoms with van der Waals surface area (Å²) in [6, 6.07) is 4.32. The van der Waals surface area contributed by atoms with Crippen LogP contribution in [-0.4, -0.2) is 30.0 Å². The van der Waals surface area contributed by atoms with Crippen LogP contribution in [0.4, 0.5) is 0 Å². The molecule has 3 nitrogen and oxygen atoms in total. The molecular weight excluding hydrogens is 244 g/mol. The Morgan fingerprint density at radius 3 is 2.89 bits per heavy atom. The van der Waals surface area contributed by atoms with E-state index in [1.54, 1.807) is 0 Å². The van der Waals surface area contributed by atoms with Crippen LogP contribution >= 0.6 is 11.8 Å². The van der Waals surface area contributed by atoms with Crippen molar-refractivity contribution in [3.05, 3.63) is 23.9 Å². The van der Waals surface area contributed by atoms with Crippen molar-refractivity contribution in [3.8, 4) is 0 Å². The van der Waals surface area contributed by atoms with Crippen molar-refractivity contribution in [1.29, 1.82) is 0 Å². The highest BCUT2D eigenvalue weighted by molar-refractivity contribution is 7.99.